The molecule has 0 saturated carbocycles. The fourth-order valence-corrected chi connectivity index (χ4v) is 2.32. The lowest BCUT2D eigenvalue weighted by Gasteiger charge is -2.07. The number of benzene rings is 1. The van der Waals surface area contributed by atoms with Gasteiger partial charge in [0.15, 0.2) is 5.78 Å². The second kappa shape index (κ2) is 6.11. The standard InChI is InChI=1S/C15H12O3S/c16-14(12-6-2-1-3-7-12)11-10-13-8-4-5-9-15(13)19(17)18/h1-11,13H. The summed E-state index contributed by atoms with van der Waals surface area (Å²) in [7, 11) is -2.28. The van der Waals surface area contributed by atoms with E-state index < -0.39 is 10.3 Å². The predicted octanol–water partition coefficient (Wildman–Crippen LogP) is 2.22. The van der Waals surface area contributed by atoms with Crippen LogP contribution < -0.4 is 0 Å². The molecule has 0 heterocycles. The van der Waals surface area contributed by atoms with Crippen LogP contribution in [0.5, 0.6) is 0 Å². The Morgan fingerprint density at radius 1 is 1.11 bits per heavy atom. The zero-order valence-corrected chi connectivity index (χ0v) is 10.9. The normalized spacial score (nSPS) is 17.9. The summed E-state index contributed by atoms with van der Waals surface area (Å²) in [6.07, 6.45) is 9.70. The van der Waals surface area contributed by atoms with Crippen molar-refractivity contribution in [2.75, 3.05) is 0 Å². The van der Waals surface area contributed by atoms with E-state index in [9.17, 15) is 13.2 Å². The van der Waals surface area contributed by atoms with Gasteiger partial charge in [-0.25, -0.2) is 0 Å². The third kappa shape index (κ3) is 3.39. The van der Waals surface area contributed by atoms with Crippen LogP contribution in [0.15, 0.2) is 66.8 Å². The van der Waals surface area contributed by atoms with Gasteiger partial charge in [0.2, 0.25) is 10.3 Å². The van der Waals surface area contributed by atoms with Gasteiger partial charge in [0.1, 0.15) is 0 Å². The van der Waals surface area contributed by atoms with Gasteiger partial charge < -0.3 is 0 Å². The van der Waals surface area contributed by atoms with Crippen molar-refractivity contribution in [3.8, 4) is 0 Å². The van der Waals surface area contributed by atoms with Crippen LogP contribution in [0, 0.1) is 5.92 Å². The first-order chi connectivity index (χ1) is 9.18. The molecule has 4 heteroatoms. The first-order valence-electron chi connectivity index (χ1n) is 5.77. The molecule has 1 atom stereocenters. The monoisotopic (exact) mass is 272 g/mol. The highest BCUT2D eigenvalue weighted by atomic mass is 32.2. The molecule has 0 saturated heterocycles. The Hall–Kier alpha value is -2.20. The minimum atomic E-state index is -2.28. The highest BCUT2D eigenvalue weighted by molar-refractivity contribution is 7.73. The molecule has 2 rings (SSSR count). The van der Waals surface area contributed by atoms with E-state index in [-0.39, 0.29) is 16.6 Å². The van der Waals surface area contributed by atoms with Gasteiger partial charge in [-0.2, -0.15) is 8.42 Å². The van der Waals surface area contributed by atoms with Crippen molar-refractivity contribution in [1.82, 2.24) is 0 Å². The molecule has 0 spiro atoms. The fourth-order valence-electron chi connectivity index (χ4n) is 1.76. The molecule has 0 fully saturated rings. The Bertz CT molecular complexity index is 684. The zero-order valence-electron chi connectivity index (χ0n) is 10.1. The fraction of sp³-hybridized carbons (Fsp3) is 0.0667. The lowest BCUT2D eigenvalue weighted by Crippen LogP contribution is -2.11. The number of carbonyl (C=O) groups excluding carboxylic acids is 1. The number of ketones is 1. The second-order valence-electron chi connectivity index (χ2n) is 4.00. The zero-order chi connectivity index (χ0) is 13.7. The summed E-state index contributed by atoms with van der Waals surface area (Å²) < 4.78 is 22.1. The molecular formula is C15H12O3S. The van der Waals surface area contributed by atoms with E-state index in [4.69, 9.17) is 0 Å². The van der Waals surface area contributed by atoms with Crippen molar-refractivity contribution in [2.24, 2.45) is 5.92 Å². The van der Waals surface area contributed by atoms with Gasteiger partial charge in [-0.1, -0.05) is 54.6 Å². The molecule has 96 valence electrons. The number of carbonyl (C=O) groups is 1. The number of allylic oxidation sites excluding steroid dienone is 6. The smallest absolute Gasteiger partial charge is 0.218 e. The van der Waals surface area contributed by atoms with E-state index in [0.717, 1.165) is 0 Å². The van der Waals surface area contributed by atoms with Crippen LogP contribution in [-0.4, -0.2) is 19.1 Å². The molecule has 1 aromatic carbocycles. The average Bonchev–Trinajstić information content (AvgIpc) is 2.46. The lowest BCUT2D eigenvalue weighted by atomic mass is 9.99. The molecular weight excluding hydrogens is 260 g/mol. The van der Waals surface area contributed by atoms with Gasteiger partial charge in [-0.3, -0.25) is 4.79 Å². The molecule has 0 N–H and O–H groups in total. The largest absolute Gasteiger partial charge is 0.289 e. The van der Waals surface area contributed by atoms with Crippen molar-refractivity contribution in [3.05, 3.63) is 72.4 Å². The molecule has 1 aliphatic carbocycles. The Labute approximate surface area is 113 Å². The first kappa shape index (κ1) is 13.2. The molecule has 1 aliphatic rings. The van der Waals surface area contributed by atoms with Crippen molar-refractivity contribution in [1.29, 1.82) is 0 Å². The van der Waals surface area contributed by atoms with Gasteiger partial charge in [0, 0.05) is 11.5 Å². The molecule has 0 radical (unpaired) electrons. The number of rotatable bonds is 3. The molecule has 0 bridgehead atoms. The van der Waals surface area contributed by atoms with Crippen LogP contribution >= 0.6 is 0 Å². The molecule has 1 aromatic rings. The quantitative estimate of drug-likeness (QED) is 0.481. The summed E-state index contributed by atoms with van der Waals surface area (Å²) in [5.74, 6) is -0.518. The molecule has 19 heavy (non-hydrogen) atoms. The van der Waals surface area contributed by atoms with Crippen LogP contribution in [0.2, 0.25) is 0 Å². The number of hydrogen-bond donors (Lipinski definition) is 0. The molecule has 0 aliphatic heterocycles. The van der Waals surface area contributed by atoms with Crippen molar-refractivity contribution >= 4 is 20.9 Å². The average molecular weight is 272 g/mol. The van der Waals surface area contributed by atoms with Gasteiger partial charge in [-0.05, 0) is 12.2 Å². The Morgan fingerprint density at radius 2 is 1.84 bits per heavy atom. The molecule has 0 aromatic heterocycles. The molecule has 3 nitrogen and oxygen atoms in total. The summed E-state index contributed by atoms with van der Waals surface area (Å²) in [5, 5.41) is 0. The Balaban J connectivity index is 2.20. The SMILES string of the molecule is O=C(C=CC1C=CC=CC1=S(=O)=O)c1ccccc1. The molecule has 0 amide bonds. The topological polar surface area (TPSA) is 51.2 Å². The summed E-state index contributed by atoms with van der Waals surface area (Å²) in [4.78, 5) is 12.1. The maximum atomic E-state index is 11.9. The highest BCUT2D eigenvalue weighted by Gasteiger charge is 2.11. The first-order valence-corrected chi connectivity index (χ1v) is 6.84. The highest BCUT2D eigenvalue weighted by Crippen LogP contribution is 2.11. The number of hydrogen-bond acceptors (Lipinski definition) is 3. The second-order valence-corrected chi connectivity index (χ2v) is 4.94. The summed E-state index contributed by atoms with van der Waals surface area (Å²) in [6.45, 7) is 0. The summed E-state index contributed by atoms with van der Waals surface area (Å²) >= 11 is 0. The van der Waals surface area contributed by atoms with E-state index in [0.29, 0.717) is 5.56 Å². The molecule has 1 unspecified atom stereocenters. The maximum Gasteiger partial charge on any atom is 0.218 e. The third-order valence-electron chi connectivity index (χ3n) is 2.72. The van der Waals surface area contributed by atoms with Crippen molar-refractivity contribution in [2.45, 2.75) is 0 Å². The van der Waals surface area contributed by atoms with Crippen LogP contribution in [0.3, 0.4) is 0 Å². The van der Waals surface area contributed by atoms with Crippen LogP contribution in [-0.2, 0) is 10.3 Å². The van der Waals surface area contributed by atoms with Crippen LogP contribution in [0.1, 0.15) is 10.4 Å². The van der Waals surface area contributed by atoms with E-state index in [1.165, 1.54) is 12.2 Å². The van der Waals surface area contributed by atoms with E-state index >= 15 is 0 Å². The minimum absolute atomic E-state index is 0.139. The lowest BCUT2D eigenvalue weighted by molar-refractivity contribution is 0.104. The van der Waals surface area contributed by atoms with Gasteiger partial charge in [0.25, 0.3) is 0 Å². The van der Waals surface area contributed by atoms with Gasteiger partial charge >= 0.3 is 0 Å². The Kier molecular flexibility index (Phi) is 4.26. The van der Waals surface area contributed by atoms with Crippen molar-refractivity contribution in [3.63, 3.8) is 0 Å². The third-order valence-corrected chi connectivity index (χ3v) is 3.52. The van der Waals surface area contributed by atoms with Gasteiger partial charge in [0.05, 0.1) is 4.86 Å². The van der Waals surface area contributed by atoms with Crippen molar-refractivity contribution < 1.29 is 13.2 Å². The Morgan fingerprint density at radius 3 is 2.53 bits per heavy atom. The van der Waals surface area contributed by atoms with Crippen LogP contribution in [0.25, 0.3) is 0 Å². The van der Waals surface area contributed by atoms with E-state index in [2.05, 4.69) is 0 Å². The predicted molar refractivity (Wildman–Crippen MR) is 75.6 cm³/mol. The summed E-state index contributed by atoms with van der Waals surface area (Å²) in [5.41, 5.74) is 0.582. The maximum absolute atomic E-state index is 11.9. The van der Waals surface area contributed by atoms with Crippen LogP contribution in [0.4, 0.5) is 0 Å². The summed E-state index contributed by atoms with van der Waals surface area (Å²) in [6, 6.07) is 8.85. The van der Waals surface area contributed by atoms with E-state index in [1.807, 2.05) is 6.07 Å². The van der Waals surface area contributed by atoms with Gasteiger partial charge in [-0.15, -0.1) is 0 Å². The van der Waals surface area contributed by atoms with E-state index in [1.54, 1.807) is 48.6 Å². The minimum Gasteiger partial charge on any atom is -0.289 e.